The van der Waals surface area contributed by atoms with E-state index < -0.39 is 11.9 Å². The van der Waals surface area contributed by atoms with Crippen LogP contribution >= 0.6 is 0 Å². The van der Waals surface area contributed by atoms with Gasteiger partial charge in [-0.2, -0.15) is 0 Å². The van der Waals surface area contributed by atoms with E-state index in [0.29, 0.717) is 23.5 Å². The van der Waals surface area contributed by atoms with Crippen LogP contribution in [0.4, 0.5) is 0 Å². The molecule has 17 heavy (non-hydrogen) atoms. The summed E-state index contributed by atoms with van der Waals surface area (Å²) in [6.07, 6.45) is 0.317. The Balaban J connectivity index is 2.98. The Kier molecular flexibility index (Phi) is 4.66. The maximum absolute atomic E-state index is 10.9. The number of aliphatic hydroxyl groups is 1. The standard InChI is InChI=1S/C12H14O5/c1-8(14)16-11-3-4-12(17-9(2)15)10(7-11)5-6-13/h3-4,7,13H,5-6H2,1-2H3. The third-order valence-corrected chi connectivity index (χ3v) is 1.93. The summed E-state index contributed by atoms with van der Waals surface area (Å²) in [4.78, 5) is 21.7. The molecule has 0 radical (unpaired) electrons. The SMILES string of the molecule is CC(=O)Oc1ccc(OC(C)=O)c(CCO)c1. The van der Waals surface area contributed by atoms with Gasteiger partial charge in [-0.05, 0) is 24.6 Å². The first-order valence-electron chi connectivity index (χ1n) is 5.13. The van der Waals surface area contributed by atoms with E-state index in [4.69, 9.17) is 14.6 Å². The number of esters is 2. The number of ether oxygens (including phenoxy) is 2. The van der Waals surface area contributed by atoms with Crippen molar-refractivity contribution in [3.8, 4) is 11.5 Å². The van der Waals surface area contributed by atoms with Crippen molar-refractivity contribution in [2.24, 2.45) is 0 Å². The smallest absolute Gasteiger partial charge is 0.308 e. The molecule has 0 aromatic heterocycles. The van der Waals surface area contributed by atoms with Crippen LogP contribution in [0.25, 0.3) is 0 Å². The Hall–Kier alpha value is -1.88. The van der Waals surface area contributed by atoms with Gasteiger partial charge in [0.15, 0.2) is 0 Å². The van der Waals surface area contributed by atoms with Crippen molar-refractivity contribution >= 4 is 11.9 Å². The summed E-state index contributed by atoms with van der Waals surface area (Å²) in [6, 6.07) is 4.63. The van der Waals surface area contributed by atoms with Crippen molar-refractivity contribution in [1.82, 2.24) is 0 Å². The topological polar surface area (TPSA) is 72.8 Å². The van der Waals surface area contributed by atoms with Crippen LogP contribution in [0.1, 0.15) is 19.4 Å². The van der Waals surface area contributed by atoms with Crippen LogP contribution < -0.4 is 9.47 Å². The summed E-state index contributed by atoms with van der Waals surface area (Å²) in [5, 5.41) is 8.90. The van der Waals surface area contributed by atoms with E-state index in [9.17, 15) is 9.59 Å². The quantitative estimate of drug-likeness (QED) is 0.627. The molecule has 1 aromatic rings. The molecular weight excluding hydrogens is 224 g/mol. The Bertz CT molecular complexity index is 425. The van der Waals surface area contributed by atoms with E-state index in [2.05, 4.69) is 0 Å². The third kappa shape index (κ3) is 4.24. The molecule has 0 fully saturated rings. The fourth-order valence-electron chi connectivity index (χ4n) is 1.36. The summed E-state index contributed by atoms with van der Waals surface area (Å²) in [7, 11) is 0. The predicted molar refractivity (Wildman–Crippen MR) is 59.8 cm³/mol. The molecule has 0 saturated carbocycles. The lowest BCUT2D eigenvalue weighted by atomic mass is 10.1. The average Bonchev–Trinajstić information content (AvgIpc) is 2.21. The summed E-state index contributed by atoms with van der Waals surface area (Å²) < 4.78 is 9.87. The maximum Gasteiger partial charge on any atom is 0.308 e. The number of carbonyl (C=O) groups is 2. The van der Waals surface area contributed by atoms with Gasteiger partial charge < -0.3 is 14.6 Å². The Morgan fingerprint density at radius 1 is 1.18 bits per heavy atom. The van der Waals surface area contributed by atoms with Crippen LogP contribution in [-0.2, 0) is 16.0 Å². The molecule has 0 aliphatic carbocycles. The molecule has 0 spiro atoms. The van der Waals surface area contributed by atoms with E-state index in [0.717, 1.165) is 0 Å². The molecule has 0 heterocycles. The number of hydrogen-bond acceptors (Lipinski definition) is 5. The molecule has 0 bridgehead atoms. The van der Waals surface area contributed by atoms with Gasteiger partial charge in [0.05, 0.1) is 0 Å². The van der Waals surface area contributed by atoms with Gasteiger partial charge in [0.2, 0.25) is 0 Å². The van der Waals surface area contributed by atoms with Crippen molar-refractivity contribution in [1.29, 1.82) is 0 Å². The normalized spacial score (nSPS) is 9.82. The second kappa shape index (κ2) is 6.00. The fraction of sp³-hybridized carbons (Fsp3) is 0.333. The van der Waals surface area contributed by atoms with Crippen molar-refractivity contribution in [3.05, 3.63) is 23.8 Å². The number of hydrogen-bond donors (Lipinski definition) is 1. The zero-order chi connectivity index (χ0) is 12.8. The van der Waals surface area contributed by atoms with Crippen LogP contribution in [0.3, 0.4) is 0 Å². The second-order valence-electron chi connectivity index (χ2n) is 3.43. The lowest BCUT2D eigenvalue weighted by Crippen LogP contribution is -2.06. The molecule has 0 aliphatic heterocycles. The minimum absolute atomic E-state index is 0.0855. The Morgan fingerprint density at radius 3 is 2.35 bits per heavy atom. The second-order valence-corrected chi connectivity index (χ2v) is 3.43. The van der Waals surface area contributed by atoms with Crippen molar-refractivity contribution in [3.63, 3.8) is 0 Å². The summed E-state index contributed by atoms with van der Waals surface area (Å²) in [5.74, 6) is -0.149. The van der Waals surface area contributed by atoms with Crippen LogP contribution in [0.15, 0.2) is 18.2 Å². The van der Waals surface area contributed by atoms with E-state index in [1.165, 1.54) is 26.0 Å². The monoisotopic (exact) mass is 238 g/mol. The maximum atomic E-state index is 10.9. The summed E-state index contributed by atoms with van der Waals surface area (Å²) >= 11 is 0. The number of carbonyl (C=O) groups excluding carboxylic acids is 2. The van der Waals surface area contributed by atoms with Gasteiger partial charge in [-0.1, -0.05) is 0 Å². The van der Waals surface area contributed by atoms with Gasteiger partial charge in [-0.3, -0.25) is 9.59 Å². The van der Waals surface area contributed by atoms with Gasteiger partial charge in [-0.15, -0.1) is 0 Å². The summed E-state index contributed by atoms with van der Waals surface area (Å²) in [6.45, 7) is 2.51. The molecule has 1 rings (SSSR count). The average molecular weight is 238 g/mol. The van der Waals surface area contributed by atoms with E-state index in [1.54, 1.807) is 6.07 Å². The lowest BCUT2D eigenvalue weighted by molar-refractivity contribution is -0.133. The zero-order valence-corrected chi connectivity index (χ0v) is 9.73. The molecule has 0 unspecified atom stereocenters. The third-order valence-electron chi connectivity index (χ3n) is 1.93. The first-order valence-corrected chi connectivity index (χ1v) is 5.13. The van der Waals surface area contributed by atoms with Gasteiger partial charge in [-0.25, -0.2) is 0 Å². The Morgan fingerprint density at radius 2 is 1.82 bits per heavy atom. The summed E-state index contributed by atoms with van der Waals surface area (Å²) in [5.41, 5.74) is 0.612. The molecular formula is C12H14O5. The molecule has 1 aromatic carbocycles. The van der Waals surface area contributed by atoms with Gasteiger partial charge in [0.25, 0.3) is 0 Å². The first-order chi connectivity index (χ1) is 8.02. The van der Waals surface area contributed by atoms with Crippen LogP contribution in [0.5, 0.6) is 11.5 Å². The molecule has 1 N–H and O–H groups in total. The molecule has 0 aliphatic rings. The van der Waals surface area contributed by atoms with Gasteiger partial charge in [0, 0.05) is 26.0 Å². The molecule has 5 heteroatoms. The van der Waals surface area contributed by atoms with E-state index in [1.807, 2.05) is 0 Å². The largest absolute Gasteiger partial charge is 0.427 e. The van der Waals surface area contributed by atoms with Gasteiger partial charge in [0.1, 0.15) is 11.5 Å². The number of rotatable bonds is 4. The minimum Gasteiger partial charge on any atom is -0.427 e. The predicted octanol–water partition coefficient (Wildman–Crippen LogP) is 1.07. The first kappa shape index (κ1) is 13.2. The Labute approximate surface area is 99.0 Å². The fourth-order valence-corrected chi connectivity index (χ4v) is 1.36. The molecule has 0 amide bonds. The number of aliphatic hydroxyl groups excluding tert-OH is 1. The molecule has 5 nitrogen and oxygen atoms in total. The van der Waals surface area contributed by atoms with E-state index >= 15 is 0 Å². The van der Waals surface area contributed by atoms with Crippen molar-refractivity contribution in [2.75, 3.05) is 6.61 Å². The molecule has 0 saturated heterocycles. The lowest BCUT2D eigenvalue weighted by Gasteiger charge is -2.09. The van der Waals surface area contributed by atoms with Gasteiger partial charge >= 0.3 is 11.9 Å². The van der Waals surface area contributed by atoms with Crippen molar-refractivity contribution in [2.45, 2.75) is 20.3 Å². The van der Waals surface area contributed by atoms with Crippen molar-refractivity contribution < 1.29 is 24.2 Å². The minimum atomic E-state index is -0.440. The molecule has 92 valence electrons. The number of benzene rings is 1. The van der Waals surface area contributed by atoms with Crippen LogP contribution in [0.2, 0.25) is 0 Å². The van der Waals surface area contributed by atoms with Crippen LogP contribution in [-0.4, -0.2) is 23.7 Å². The molecule has 0 atom stereocenters. The van der Waals surface area contributed by atoms with Crippen LogP contribution in [0, 0.1) is 0 Å². The zero-order valence-electron chi connectivity index (χ0n) is 9.73. The highest BCUT2D eigenvalue weighted by molar-refractivity contribution is 5.71. The van der Waals surface area contributed by atoms with E-state index in [-0.39, 0.29) is 6.61 Å². The highest BCUT2D eigenvalue weighted by atomic mass is 16.5. The highest BCUT2D eigenvalue weighted by Gasteiger charge is 2.09. The highest BCUT2D eigenvalue weighted by Crippen LogP contribution is 2.25.